The highest BCUT2D eigenvalue weighted by atomic mass is 19.1. The number of hydrogen-bond donors (Lipinski definition) is 1. The van der Waals surface area contributed by atoms with Crippen molar-refractivity contribution in [2.45, 2.75) is 20.3 Å². The van der Waals surface area contributed by atoms with E-state index < -0.39 is 0 Å². The number of halogens is 1. The molecule has 0 fully saturated rings. The summed E-state index contributed by atoms with van der Waals surface area (Å²) in [5, 5.41) is 3.73. The van der Waals surface area contributed by atoms with Gasteiger partial charge in [0, 0.05) is 16.6 Å². The van der Waals surface area contributed by atoms with Crippen molar-refractivity contribution in [2.24, 2.45) is 0 Å². The van der Waals surface area contributed by atoms with Crippen molar-refractivity contribution in [3.8, 4) is 0 Å². The number of anilines is 1. The largest absolute Gasteiger partial charge is 0.453 e. The minimum atomic E-state index is -0.338. The van der Waals surface area contributed by atoms with Gasteiger partial charge < -0.3 is 9.73 Å². The molecule has 2 aromatic carbocycles. The van der Waals surface area contributed by atoms with Crippen LogP contribution >= 0.6 is 0 Å². The Bertz CT molecular complexity index is 850. The number of aryl methyl sites for hydroxylation is 2. The summed E-state index contributed by atoms with van der Waals surface area (Å²) >= 11 is 0. The van der Waals surface area contributed by atoms with Crippen LogP contribution in [0.25, 0.3) is 11.0 Å². The summed E-state index contributed by atoms with van der Waals surface area (Å²) in [6, 6.07) is 12.2. The number of carbonyl (C=O) groups excluding carboxylic acids is 1. The molecule has 1 aromatic heterocycles. The van der Waals surface area contributed by atoms with E-state index in [0.717, 1.165) is 12.1 Å². The van der Waals surface area contributed by atoms with Crippen LogP contribution in [0.1, 0.15) is 28.6 Å². The molecule has 3 rings (SSSR count). The standard InChI is InChI=1S/C19H18FNO2/c1-3-13-4-7-15(8-5-13)21-11-17(22)19-12(2)16-10-14(20)6-9-18(16)23-19/h4-10,21H,3,11H2,1-2H3. The molecule has 0 spiro atoms. The summed E-state index contributed by atoms with van der Waals surface area (Å²) in [5.74, 6) is -0.212. The van der Waals surface area contributed by atoms with Gasteiger partial charge in [0.05, 0.1) is 6.54 Å². The summed E-state index contributed by atoms with van der Waals surface area (Å²) in [6.07, 6.45) is 0.980. The molecule has 0 unspecified atom stereocenters. The summed E-state index contributed by atoms with van der Waals surface area (Å²) in [4.78, 5) is 12.4. The fourth-order valence-corrected chi connectivity index (χ4v) is 2.58. The molecule has 118 valence electrons. The number of hydrogen-bond acceptors (Lipinski definition) is 3. The highest BCUT2D eigenvalue weighted by Gasteiger charge is 2.17. The van der Waals surface area contributed by atoms with Crippen molar-refractivity contribution < 1.29 is 13.6 Å². The highest BCUT2D eigenvalue weighted by Crippen LogP contribution is 2.26. The van der Waals surface area contributed by atoms with Gasteiger partial charge in [-0.25, -0.2) is 4.39 Å². The molecule has 0 bridgehead atoms. The molecule has 0 atom stereocenters. The predicted octanol–water partition coefficient (Wildman–Crippen LogP) is 4.74. The second-order valence-corrected chi connectivity index (χ2v) is 5.52. The summed E-state index contributed by atoms with van der Waals surface area (Å²) < 4.78 is 18.9. The number of ketones is 1. The molecule has 0 radical (unpaired) electrons. The Morgan fingerprint density at radius 3 is 2.61 bits per heavy atom. The van der Waals surface area contributed by atoms with Gasteiger partial charge in [-0.1, -0.05) is 19.1 Å². The van der Waals surface area contributed by atoms with Crippen LogP contribution in [0.4, 0.5) is 10.1 Å². The quantitative estimate of drug-likeness (QED) is 0.692. The average molecular weight is 311 g/mol. The number of fused-ring (bicyclic) bond motifs is 1. The number of Topliss-reactive ketones (excluding diaryl/α,β-unsaturated/α-hetero) is 1. The van der Waals surface area contributed by atoms with Crippen molar-refractivity contribution in [2.75, 3.05) is 11.9 Å². The molecule has 1 N–H and O–H groups in total. The Labute approximate surface area is 134 Å². The fraction of sp³-hybridized carbons (Fsp3) is 0.211. The van der Waals surface area contributed by atoms with E-state index in [-0.39, 0.29) is 23.9 Å². The van der Waals surface area contributed by atoms with Crippen molar-refractivity contribution in [1.82, 2.24) is 0 Å². The van der Waals surface area contributed by atoms with Gasteiger partial charge in [0.15, 0.2) is 5.76 Å². The van der Waals surface area contributed by atoms with Crippen molar-refractivity contribution in [1.29, 1.82) is 0 Å². The molecule has 0 aliphatic heterocycles. The predicted molar refractivity (Wildman–Crippen MR) is 89.5 cm³/mol. The average Bonchev–Trinajstić information content (AvgIpc) is 2.90. The maximum absolute atomic E-state index is 13.3. The van der Waals surface area contributed by atoms with Crippen LogP contribution in [0.3, 0.4) is 0 Å². The summed E-state index contributed by atoms with van der Waals surface area (Å²) in [6.45, 7) is 4.00. The molecule has 0 saturated carbocycles. The first kappa shape index (κ1) is 15.3. The Morgan fingerprint density at radius 2 is 1.91 bits per heavy atom. The monoisotopic (exact) mass is 311 g/mol. The fourth-order valence-electron chi connectivity index (χ4n) is 2.58. The SMILES string of the molecule is CCc1ccc(NCC(=O)c2oc3ccc(F)cc3c2C)cc1. The van der Waals surface area contributed by atoms with Gasteiger partial charge in [-0.2, -0.15) is 0 Å². The lowest BCUT2D eigenvalue weighted by molar-refractivity contribution is 0.0981. The second-order valence-electron chi connectivity index (χ2n) is 5.52. The van der Waals surface area contributed by atoms with E-state index in [1.165, 1.54) is 17.7 Å². The molecule has 0 amide bonds. The molecule has 23 heavy (non-hydrogen) atoms. The van der Waals surface area contributed by atoms with E-state index >= 15 is 0 Å². The number of nitrogens with one attached hydrogen (secondary N) is 1. The minimum Gasteiger partial charge on any atom is -0.453 e. The van der Waals surface area contributed by atoms with Gasteiger partial charge in [0.2, 0.25) is 5.78 Å². The van der Waals surface area contributed by atoms with Gasteiger partial charge in [-0.3, -0.25) is 4.79 Å². The Hall–Kier alpha value is -2.62. The van der Waals surface area contributed by atoms with Gasteiger partial charge in [-0.15, -0.1) is 0 Å². The van der Waals surface area contributed by atoms with E-state index in [0.29, 0.717) is 16.5 Å². The third kappa shape index (κ3) is 3.11. The van der Waals surface area contributed by atoms with Gasteiger partial charge in [0.1, 0.15) is 11.4 Å². The zero-order valence-electron chi connectivity index (χ0n) is 13.2. The topological polar surface area (TPSA) is 42.2 Å². The molecular formula is C19H18FNO2. The first-order chi connectivity index (χ1) is 11.1. The van der Waals surface area contributed by atoms with Crippen LogP contribution in [0.2, 0.25) is 0 Å². The smallest absolute Gasteiger partial charge is 0.217 e. The van der Waals surface area contributed by atoms with Crippen LogP contribution in [0.15, 0.2) is 46.9 Å². The molecule has 3 aromatic rings. The normalized spacial score (nSPS) is 10.9. The lowest BCUT2D eigenvalue weighted by atomic mass is 10.1. The van der Waals surface area contributed by atoms with Gasteiger partial charge in [-0.05, 0) is 49.2 Å². The zero-order chi connectivity index (χ0) is 16.4. The van der Waals surface area contributed by atoms with Crippen LogP contribution < -0.4 is 5.32 Å². The van der Waals surface area contributed by atoms with E-state index in [4.69, 9.17) is 4.42 Å². The first-order valence-electron chi connectivity index (χ1n) is 7.63. The van der Waals surface area contributed by atoms with Crippen LogP contribution in [-0.2, 0) is 6.42 Å². The van der Waals surface area contributed by atoms with Gasteiger partial charge in [0.25, 0.3) is 0 Å². The number of benzene rings is 2. The lowest BCUT2D eigenvalue weighted by Crippen LogP contribution is -2.14. The zero-order valence-corrected chi connectivity index (χ0v) is 13.2. The maximum Gasteiger partial charge on any atom is 0.217 e. The highest BCUT2D eigenvalue weighted by molar-refractivity contribution is 6.02. The third-order valence-electron chi connectivity index (χ3n) is 3.97. The minimum absolute atomic E-state index is 0.134. The summed E-state index contributed by atoms with van der Waals surface area (Å²) in [5.41, 5.74) is 3.33. The van der Waals surface area contributed by atoms with Crippen LogP contribution in [-0.4, -0.2) is 12.3 Å². The Kier molecular flexibility index (Phi) is 4.15. The number of furan rings is 1. The molecule has 4 heteroatoms. The van der Waals surface area contributed by atoms with E-state index in [9.17, 15) is 9.18 Å². The molecule has 0 aliphatic rings. The third-order valence-corrected chi connectivity index (χ3v) is 3.97. The lowest BCUT2D eigenvalue weighted by Gasteiger charge is -2.05. The second kappa shape index (κ2) is 6.24. The van der Waals surface area contributed by atoms with Crippen molar-refractivity contribution >= 4 is 22.4 Å². The maximum atomic E-state index is 13.3. The molecular weight excluding hydrogens is 293 g/mol. The van der Waals surface area contributed by atoms with Crippen molar-refractivity contribution in [3.05, 3.63) is 65.2 Å². The van der Waals surface area contributed by atoms with Crippen LogP contribution in [0.5, 0.6) is 0 Å². The van der Waals surface area contributed by atoms with Crippen molar-refractivity contribution in [3.63, 3.8) is 0 Å². The first-order valence-corrected chi connectivity index (χ1v) is 7.63. The molecule has 0 aliphatic carbocycles. The van der Waals surface area contributed by atoms with Crippen LogP contribution in [0, 0.1) is 12.7 Å². The van der Waals surface area contributed by atoms with E-state index in [1.807, 2.05) is 24.3 Å². The Morgan fingerprint density at radius 1 is 1.17 bits per heavy atom. The number of rotatable bonds is 5. The molecule has 0 saturated heterocycles. The van der Waals surface area contributed by atoms with Gasteiger partial charge >= 0.3 is 0 Å². The molecule has 1 heterocycles. The Balaban J connectivity index is 1.76. The number of carbonyl (C=O) groups is 1. The van der Waals surface area contributed by atoms with E-state index in [1.54, 1.807) is 13.0 Å². The summed E-state index contributed by atoms with van der Waals surface area (Å²) in [7, 11) is 0. The molecule has 3 nitrogen and oxygen atoms in total. The van der Waals surface area contributed by atoms with E-state index in [2.05, 4.69) is 12.2 Å².